The van der Waals surface area contributed by atoms with Gasteiger partial charge in [-0.05, 0) is 62.6 Å². The molecule has 0 radical (unpaired) electrons. The summed E-state index contributed by atoms with van der Waals surface area (Å²) in [5.41, 5.74) is 2.69. The van der Waals surface area contributed by atoms with Crippen LogP contribution in [0.25, 0.3) is 0 Å². The van der Waals surface area contributed by atoms with Crippen LogP contribution in [0, 0.1) is 0 Å². The van der Waals surface area contributed by atoms with E-state index in [4.69, 9.17) is 18.9 Å². The van der Waals surface area contributed by atoms with Crippen molar-refractivity contribution in [1.29, 1.82) is 0 Å². The van der Waals surface area contributed by atoms with Crippen LogP contribution < -0.4 is 14.4 Å². The van der Waals surface area contributed by atoms with Crippen molar-refractivity contribution >= 4 is 17.6 Å². The lowest BCUT2D eigenvalue weighted by molar-refractivity contribution is 0.00136. The van der Waals surface area contributed by atoms with Gasteiger partial charge in [0.05, 0.1) is 30.6 Å². The van der Waals surface area contributed by atoms with Crippen molar-refractivity contribution in [3.8, 4) is 17.2 Å². The molecule has 4 rings (SSSR count). The summed E-state index contributed by atoms with van der Waals surface area (Å²) in [5, 5.41) is 0. The largest absolute Gasteiger partial charge is 0.488 e. The minimum Gasteiger partial charge on any atom is -0.488 e. The number of ether oxygens (including phenoxy) is 4. The number of carbonyl (C=O) groups excluding carboxylic acids is 2. The first-order valence-electron chi connectivity index (χ1n) is 12.9. The lowest BCUT2D eigenvalue weighted by Gasteiger charge is -2.26. The number of carbonyl (C=O) groups is 2. The Morgan fingerprint density at radius 3 is 2.47 bits per heavy atom. The van der Waals surface area contributed by atoms with Crippen molar-refractivity contribution in [2.45, 2.75) is 52.7 Å². The molecule has 0 aromatic heterocycles. The van der Waals surface area contributed by atoms with Crippen LogP contribution in [0.4, 0.5) is 5.69 Å². The molecule has 0 saturated carbocycles. The third kappa shape index (κ3) is 6.17. The molecular weight excluding hydrogens is 482 g/mol. The first kappa shape index (κ1) is 27.2. The number of benzene rings is 3. The molecular formula is C31H35NO6. The monoisotopic (exact) mass is 517 g/mol. The van der Waals surface area contributed by atoms with Crippen molar-refractivity contribution in [2.75, 3.05) is 25.2 Å². The number of anilines is 1. The SMILES string of the molecule is CCCc1ccc(OCc2ccccc2)c2c1Oc1ccc(C(=O)OC)cc1N(CCOC(C)(C)C)C2=O. The van der Waals surface area contributed by atoms with E-state index >= 15 is 0 Å². The Kier molecular flexibility index (Phi) is 8.37. The quantitative estimate of drug-likeness (QED) is 0.299. The highest BCUT2D eigenvalue weighted by Gasteiger charge is 2.33. The lowest BCUT2D eigenvalue weighted by Crippen LogP contribution is -2.35. The number of fused-ring (bicyclic) bond motifs is 2. The molecule has 0 aliphatic carbocycles. The Labute approximate surface area is 224 Å². The Morgan fingerprint density at radius 1 is 1.03 bits per heavy atom. The Bertz CT molecular complexity index is 1300. The zero-order valence-corrected chi connectivity index (χ0v) is 22.7. The molecule has 3 aromatic rings. The number of aryl methyl sites for hydroxylation is 1. The van der Waals surface area contributed by atoms with Crippen molar-refractivity contribution in [3.05, 3.63) is 82.9 Å². The van der Waals surface area contributed by atoms with Crippen molar-refractivity contribution < 1.29 is 28.5 Å². The molecule has 3 aromatic carbocycles. The Balaban J connectivity index is 1.81. The molecule has 7 heteroatoms. The fraction of sp³-hybridized carbons (Fsp3) is 0.355. The van der Waals surface area contributed by atoms with Crippen LogP contribution in [0.5, 0.6) is 17.2 Å². The first-order chi connectivity index (χ1) is 18.2. The van der Waals surface area contributed by atoms with Crippen molar-refractivity contribution in [3.63, 3.8) is 0 Å². The molecule has 1 amide bonds. The van der Waals surface area contributed by atoms with E-state index in [-0.39, 0.29) is 18.1 Å². The molecule has 38 heavy (non-hydrogen) atoms. The van der Waals surface area contributed by atoms with Crippen LogP contribution >= 0.6 is 0 Å². The van der Waals surface area contributed by atoms with Crippen LogP contribution in [0.2, 0.25) is 0 Å². The summed E-state index contributed by atoms with van der Waals surface area (Å²) in [6, 6.07) is 18.6. The number of amides is 1. The van der Waals surface area contributed by atoms with Gasteiger partial charge in [0.1, 0.15) is 23.7 Å². The molecule has 0 N–H and O–H groups in total. The number of hydrogen-bond donors (Lipinski definition) is 0. The summed E-state index contributed by atoms with van der Waals surface area (Å²) < 4.78 is 23.5. The predicted molar refractivity (Wildman–Crippen MR) is 146 cm³/mol. The molecule has 0 bridgehead atoms. The summed E-state index contributed by atoms with van der Waals surface area (Å²) in [4.78, 5) is 28.2. The fourth-order valence-corrected chi connectivity index (χ4v) is 4.33. The lowest BCUT2D eigenvalue weighted by atomic mass is 10.0. The third-order valence-corrected chi connectivity index (χ3v) is 6.15. The number of methoxy groups -OCH3 is 1. The van der Waals surface area contributed by atoms with E-state index in [2.05, 4.69) is 6.92 Å². The van der Waals surface area contributed by atoms with Gasteiger partial charge < -0.3 is 23.8 Å². The van der Waals surface area contributed by atoms with E-state index in [9.17, 15) is 9.59 Å². The molecule has 0 saturated heterocycles. The maximum absolute atomic E-state index is 14.3. The smallest absolute Gasteiger partial charge is 0.337 e. The van der Waals surface area contributed by atoms with Gasteiger partial charge in [0, 0.05) is 6.54 Å². The minimum absolute atomic E-state index is 0.257. The summed E-state index contributed by atoms with van der Waals surface area (Å²) >= 11 is 0. The van der Waals surface area contributed by atoms with Gasteiger partial charge in [-0.15, -0.1) is 0 Å². The van der Waals surface area contributed by atoms with E-state index in [0.717, 1.165) is 24.0 Å². The van der Waals surface area contributed by atoms with Gasteiger partial charge >= 0.3 is 5.97 Å². The van der Waals surface area contributed by atoms with Gasteiger partial charge in [-0.2, -0.15) is 0 Å². The van der Waals surface area contributed by atoms with Crippen molar-refractivity contribution in [1.82, 2.24) is 0 Å². The average Bonchev–Trinajstić information content (AvgIpc) is 3.02. The van der Waals surface area contributed by atoms with E-state index < -0.39 is 5.97 Å². The molecule has 0 unspecified atom stereocenters. The van der Waals surface area contributed by atoms with E-state index in [0.29, 0.717) is 47.3 Å². The standard InChI is InChI=1S/C31H35NO6/c1-6-10-22-13-16-26(36-20-21-11-8-7-9-12-21)27-28(22)38-25-15-14-23(30(34)35-5)19-24(25)32(29(27)33)17-18-37-31(2,3)4/h7-9,11-16,19H,6,10,17-18,20H2,1-5H3. The highest BCUT2D eigenvalue weighted by molar-refractivity contribution is 6.12. The molecule has 200 valence electrons. The number of esters is 1. The van der Waals surface area contributed by atoms with Gasteiger partial charge in [-0.3, -0.25) is 4.79 Å². The van der Waals surface area contributed by atoms with E-state index in [1.165, 1.54) is 7.11 Å². The molecule has 0 atom stereocenters. The molecule has 7 nitrogen and oxygen atoms in total. The van der Waals surface area contributed by atoms with Gasteiger partial charge in [-0.25, -0.2) is 4.79 Å². The van der Waals surface area contributed by atoms with Crippen LogP contribution in [0.15, 0.2) is 60.7 Å². The first-order valence-corrected chi connectivity index (χ1v) is 12.9. The maximum Gasteiger partial charge on any atom is 0.337 e. The molecule has 1 heterocycles. The summed E-state index contributed by atoms with van der Waals surface area (Å²) in [6.07, 6.45) is 1.61. The predicted octanol–water partition coefficient (Wildman–Crippen LogP) is 6.57. The van der Waals surface area contributed by atoms with Crippen LogP contribution in [0.1, 0.15) is 66.0 Å². The number of hydrogen-bond acceptors (Lipinski definition) is 6. The second-order valence-corrected chi connectivity index (χ2v) is 10.1. The molecule has 1 aliphatic heterocycles. The fourth-order valence-electron chi connectivity index (χ4n) is 4.33. The van der Waals surface area contributed by atoms with E-state index in [1.54, 1.807) is 23.1 Å². The maximum atomic E-state index is 14.3. The van der Waals surface area contributed by atoms with Crippen molar-refractivity contribution in [2.24, 2.45) is 0 Å². The van der Waals surface area contributed by atoms with Crippen LogP contribution in [-0.4, -0.2) is 37.7 Å². The Morgan fingerprint density at radius 2 is 1.79 bits per heavy atom. The zero-order valence-electron chi connectivity index (χ0n) is 22.7. The van der Waals surface area contributed by atoms with Gasteiger partial charge in [0.15, 0.2) is 5.75 Å². The zero-order chi connectivity index (χ0) is 27.3. The summed E-state index contributed by atoms with van der Waals surface area (Å²) in [7, 11) is 1.33. The molecule has 0 fully saturated rings. The second kappa shape index (κ2) is 11.7. The molecule has 1 aliphatic rings. The van der Waals surface area contributed by atoms with Gasteiger partial charge in [0.25, 0.3) is 5.91 Å². The summed E-state index contributed by atoms with van der Waals surface area (Å²) in [5.74, 6) is 0.619. The van der Waals surface area contributed by atoms with Gasteiger partial charge in [-0.1, -0.05) is 49.7 Å². The van der Waals surface area contributed by atoms with Crippen LogP contribution in [0.3, 0.4) is 0 Å². The summed E-state index contributed by atoms with van der Waals surface area (Å²) in [6.45, 7) is 8.83. The Hall–Kier alpha value is -3.84. The van der Waals surface area contributed by atoms with Gasteiger partial charge in [0.2, 0.25) is 0 Å². The average molecular weight is 518 g/mol. The number of rotatable bonds is 9. The number of nitrogens with zero attached hydrogens (tertiary/aromatic N) is 1. The van der Waals surface area contributed by atoms with E-state index in [1.807, 2.05) is 63.2 Å². The third-order valence-electron chi connectivity index (χ3n) is 6.15. The topological polar surface area (TPSA) is 74.3 Å². The highest BCUT2D eigenvalue weighted by atomic mass is 16.5. The highest BCUT2D eigenvalue weighted by Crippen LogP contribution is 2.45. The minimum atomic E-state index is -0.494. The molecule has 0 spiro atoms. The van der Waals surface area contributed by atoms with Crippen LogP contribution in [-0.2, 0) is 22.5 Å². The second-order valence-electron chi connectivity index (χ2n) is 10.1. The normalized spacial score (nSPS) is 12.8.